The van der Waals surface area contributed by atoms with Gasteiger partial charge in [0.25, 0.3) is 0 Å². The lowest BCUT2D eigenvalue weighted by Crippen LogP contribution is -2.34. The van der Waals surface area contributed by atoms with Crippen molar-refractivity contribution in [3.8, 4) is 11.8 Å². The van der Waals surface area contributed by atoms with Crippen LogP contribution in [-0.2, 0) is 0 Å². The van der Waals surface area contributed by atoms with Crippen molar-refractivity contribution in [2.75, 3.05) is 0 Å². The Hall–Kier alpha value is -1.60. The van der Waals surface area contributed by atoms with Crippen LogP contribution in [0.15, 0.2) is 18.2 Å². The maximum Gasteiger partial charge on any atom is 0.144 e. The van der Waals surface area contributed by atoms with E-state index in [0.29, 0.717) is 6.42 Å². The fourth-order valence-corrected chi connectivity index (χ4v) is 2.09. The third kappa shape index (κ3) is 2.56. The molecule has 0 radical (unpaired) electrons. The number of nitriles is 1. The van der Waals surface area contributed by atoms with E-state index in [-0.39, 0.29) is 17.4 Å². The zero-order valence-electron chi connectivity index (χ0n) is 9.40. The summed E-state index contributed by atoms with van der Waals surface area (Å²) in [6.07, 6.45) is 2.54. The van der Waals surface area contributed by atoms with Crippen LogP contribution in [0.25, 0.3) is 0 Å². The maximum atomic E-state index is 13.3. The quantitative estimate of drug-likeness (QED) is 0.856. The highest BCUT2D eigenvalue weighted by atomic mass is 19.1. The van der Waals surface area contributed by atoms with Crippen molar-refractivity contribution in [2.24, 2.45) is 0 Å². The third-order valence-electron chi connectivity index (χ3n) is 3.03. The first kappa shape index (κ1) is 11.9. The van der Waals surface area contributed by atoms with Crippen molar-refractivity contribution in [2.45, 2.75) is 37.9 Å². The molecule has 2 rings (SSSR count). The molecular formula is C13H14FNO2. The predicted octanol–water partition coefficient (Wildman–Crippen LogP) is 2.38. The van der Waals surface area contributed by atoms with Crippen molar-refractivity contribution in [3.05, 3.63) is 29.6 Å². The molecule has 0 amide bonds. The SMILES string of the molecule is N#Cc1c(F)cccc1OC1CCCCC1O. The Balaban J connectivity index is 2.18. The number of hydrogen-bond donors (Lipinski definition) is 1. The number of hydrogen-bond acceptors (Lipinski definition) is 3. The summed E-state index contributed by atoms with van der Waals surface area (Å²) in [7, 11) is 0. The topological polar surface area (TPSA) is 53.2 Å². The molecule has 2 atom stereocenters. The Morgan fingerprint density at radius 1 is 1.35 bits per heavy atom. The van der Waals surface area contributed by atoms with Gasteiger partial charge >= 0.3 is 0 Å². The number of rotatable bonds is 2. The van der Waals surface area contributed by atoms with E-state index >= 15 is 0 Å². The van der Waals surface area contributed by atoms with Crippen LogP contribution in [0.1, 0.15) is 31.2 Å². The Kier molecular flexibility index (Phi) is 3.60. The summed E-state index contributed by atoms with van der Waals surface area (Å²) in [5, 5.41) is 18.6. The molecular weight excluding hydrogens is 221 g/mol. The standard InChI is InChI=1S/C13H14FNO2/c14-10-4-3-7-12(9(10)8-15)17-13-6-2-1-5-11(13)16/h3-4,7,11,13,16H,1-2,5-6H2. The Bertz CT molecular complexity index is 442. The smallest absolute Gasteiger partial charge is 0.144 e. The molecule has 2 unspecified atom stereocenters. The molecule has 0 spiro atoms. The lowest BCUT2D eigenvalue weighted by molar-refractivity contribution is 0.00657. The molecule has 1 N–H and O–H groups in total. The summed E-state index contributed by atoms with van der Waals surface area (Å²) >= 11 is 0. The van der Waals surface area contributed by atoms with Gasteiger partial charge in [-0.2, -0.15) is 5.26 Å². The highest BCUT2D eigenvalue weighted by Crippen LogP contribution is 2.27. The second-order valence-corrected chi connectivity index (χ2v) is 4.23. The Morgan fingerprint density at radius 2 is 2.12 bits per heavy atom. The van der Waals surface area contributed by atoms with Crippen LogP contribution in [0, 0.1) is 17.1 Å². The van der Waals surface area contributed by atoms with E-state index < -0.39 is 11.9 Å². The average Bonchev–Trinajstić information content (AvgIpc) is 2.32. The second kappa shape index (κ2) is 5.15. The highest BCUT2D eigenvalue weighted by Gasteiger charge is 2.25. The van der Waals surface area contributed by atoms with E-state index in [2.05, 4.69) is 0 Å². The zero-order chi connectivity index (χ0) is 12.3. The maximum absolute atomic E-state index is 13.3. The number of benzene rings is 1. The lowest BCUT2D eigenvalue weighted by atomic mass is 9.95. The molecule has 0 saturated heterocycles. The number of aliphatic hydroxyl groups is 1. The largest absolute Gasteiger partial charge is 0.486 e. The van der Waals surface area contributed by atoms with Gasteiger partial charge in [-0.1, -0.05) is 12.5 Å². The van der Waals surface area contributed by atoms with Crippen LogP contribution in [-0.4, -0.2) is 17.3 Å². The molecule has 1 aromatic carbocycles. The molecule has 90 valence electrons. The first-order valence-electron chi connectivity index (χ1n) is 5.75. The summed E-state index contributed by atoms with van der Waals surface area (Å²) in [5.74, 6) is -0.367. The zero-order valence-corrected chi connectivity index (χ0v) is 9.40. The van der Waals surface area contributed by atoms with Gasteiger partial charge in [0.15, 0.2) is 0 Å². The van der Waals surface area contributed by atoms with Crippen molar-refractivity contribution < 1.29 is 14.2 Å². The molecule has 3 nitrogen and oxygen atoms in total. The van der Waals surface area contributed by atoms with Crippen LogP contribution in [0.3, 0.4) is 0 Å². The normalized spacial score (nSPS) is 24.1. The molecule has 1 saturated carbocycles. The highest BCUT2D eigenvalue weighted by molar-refractivity contribution is 5.43. The average molecular weight is 235 g/mol. The molecule has 0 bridgehead atoms. The van der Waals surface area contributed by atoms with E-state index in [4.69, 9.17) is 10.00 Å². The fraction of sp³-hybridized carbons (Fsp3) is 0.462. The first-order valence-corrected chi connectivity index (χ1v) is 5.75. The van der Waals surface area contributed by atoms with Gasteiger partial charge in [-0.15, -0.1) is 0 Å². The second-order valence-electron chi connectivity index (χ2n) is 4.23. The molecule has 0 aromatic heterocycles. The minimum Gasteiger partial charge on any atom is -0.486 e. The van der Waals surface area contributed by atoms with Gasteiger partial charge < -0.3 is 9.84 Å². The van der Waals surface area contributed by atoms with Crippen molar-refractivity contribution in [3.63, 3.8) is 0 Å². The van der Waals surface area contributed by atoms with Gasteiger partial charge in [0.1, 0.15) is 29.3 Å². The summed E-state index contributed by atoms with van der Waals surface area (Å²) in [4.78, 5) is 0. The minimum atomic E-state index is -0.588. The number of ether oxygens (including phenoxy) is 1. The van der Waals surface area contributed by atoms with Crippen LogP contribution < -0.4 is 4.74 Å². The van der Waals surface area contributed by atoms with Gasteiger partial charge in [-0.05, 0) is 31.4 Å². The molecule has 1 aliphatic carbocycles. The van der Waals surface area contributed by atoms with Crippen LogP contribution in [0.2, 0.25) is 0 Å². The predicted molar refractivity (Wildman–Crippen MR) is 60.0 cm³/mol. The molecule has 0 aliphatic heterocycles. The summed E-state index contributed by atoms with van der Waals surface area (Å²) in [5.41, 5.74) is -0.0923. The fourth-order valence-electron chi connectivity index (χ4n) is 2.09. The first-order chi connectivity index (χ1) is 8.22. The number of nitrogens with zero attached hydrogens (tertiary/aromatic N) is 1. The molecule has 1 fully saturated rings. The van der Waals surface area contributed by atoms with Crippen molar-refractivity contribution in [1.82, 2.24) is 0 Å². The monoisotopic (exact) mass is 235 g/mol. The molecule has 1 aromatic rings. The van der Waals surface area contributed by atoms with Gasteiger partial charge in [0.2, 0.25) is 0 Å². The molecule has 0 heterocycles. The molecule has 1 aliphatic rings. The molecule has 4 heteroatoms. The van der Waals surface area contributed by atoms with E-state index in [1.54, 1.807) is 12.1 Å². The van der Waals surface area contributed by atoms with E-state index in [1.807, 2.05) is 0 Å². The van der Waals surface area contributed by atoms with E-state index in [0.717, 1.165) is 19.3 Å². The van der Waals surface area contributed by atoms with Gasteiger partial charge in [-0.3, -0.25) is 0 Å². The van der Waals surface area contributed by atoms with Crippen LogP contribution in [0.4, 0.5) is 4.39 Å². The lowest BCUT2D eigenvalue weighted by Gasteiger charge is -2.28. The number of aliphatic hydroxyl groups excluding tert-OH is 1. The molecule has 17 heavy (non-hydrogen) atoms. The van der Waals surface area contributed by atoms with E-state index in [9.17, 15) is 9.50 Å². The van der Waals surface area contributed by atoms with Gasteiger partial charge in [0.05, 0.1) is 6.10 Å². The summed E-state index contributed by atoms with van der Waals surface area (Å²) in [6, 6.07) is 6.07. The summed E-state index contributed by atoms with van der Waals surface area (Å²) in [6.45, 7) is 0. The van der Waals surface area contributed by atoms with E-state index in [1.165, 1.54) is 12.1 Å². The minimum absolute atomic E-state index is 0.0923. The van der Waals surface area contributed by atoms with Gasteiger partial charge in [-0.25, -0.2) is 4.39 Å². The van der Waals surface area contributed by atoms with Crippen molar-refractivity contribution >= 4 is 0 Å². The Labute approximate surface area is 99.4 Å². The van der Waals surface area contributed by atoms with Crippen molar-refractivity contribution in [1.29, 1.82) is 5.26 Å². The Morgan fingerprint density at radius 3 is 2.82 bits per heavy atom. The summed E-state index contributed by atoms with van der Waals surface area (Å²) < 4.78 is 18.9. The van der Waals surface area contributed by atoms with Gasteiger partial charge in [0, 0.05) is 0 Å². The van der Waals surface area contributed by atoms with Crippen LogP contribution >= 0.6 is 0 Å². The number of halogens is 1. The third-order valence-corrected chi connectivity index (χ3v) is 3.03. The van der Waals surface area contributed by atoms with Crippen LogP contribution in [0.5, 0.6) is 5.75 Å².